The van der Waals surface area contributed by atoms with Crippen LogP contribution in [0.1, 0.15) is 35.5 Å². The van der Waals surface area contributed by atoms with Crippen LogP contribution in [0.3, 0.4) is 0 Å². The van der Waals surface area contributed by atoms with Crippen LogP contribution in [0.2, 0.25) is 0 Å². The Morgan fingerprint density at radius 2 is 2.09 bits per heavy atom. The Balaban J connectivity index is 2.28. The number of hydrogen-bond donors (Lipinski definition) is 2. The van der Waals surface area contributed by atoms with Gasteiger partial charge in [-0.1, -0.05) is 0 Å². The highest BCUT2D eigenvalue weighted by Crippen LogP contribution is 2.41. The predicted molar refractivity (Wildman–Crippen MR) is 84.3 cm³/mol. The Morgan fingerprint density at radius 3 is 2.74 bits per heavy atom. The number of nitriles is 1. The molecule has 0 saturated heterocycles. The average molecular weight is 309 g/mol. The largest absolute Gasteiger partial charge is 0.479 e. The van der Waals surface area contributed by atoms with Gasteiger partial charge in [0.05, 0.1) is 16.8 Å². The molecule has 3 rings (SSSR count). The summed E-state index contributed by atoms with van der Waals surface area (Å²) in [5, 5.41) is 9.57. The molecule has 7 heteroatoms. The van der Waals surface area contributed by atoms with Gasteiger partial charge in [-0.15, -0.1) is 0 Å². The lowest BCUT2D eigenvalue weighted by Crippen LogP contribution is -2.33. The summed E-state index contributed by atoms with van der Waals surface area (Å²) >= 11 is 0. The first-order chi connectivity index (χ1) is 10.8. The van der Waals surface area contributed by atoms with E-state index in [1.807, 2.05) is 36.7 Å². The Morgan fingerprint density at radius 1 is 1.35 bits per heavy atom. The van der Waals surface area contributed by atoms with E-state index in [0.29, 0.717) is 11.4 Å². The summed E-state index contributed by atoms with van der Waals surface area (Å²) in [7, 11) is 0. The zero-order valence-corrected chi connectivity index (χ0v) is 12.7. The van der Waals surface area contributed by atoms with E-state index in [-0.39, 0.29) is 17.1 Å². The number of aliphatic imine (C=N–C) groups is 1. The zero-order valence-electron chi connectivity index (χ0n) is 12.7. The Bertz CT molecular complexity index is 882. The number of benzene rings is 1. The summed E-state index contributed by atoms with van der Waals surface area (Å²) in [4.78, 5) is 15.7. The number of carbonyl (C=O) groups excluding carboxylic acids is 1. The number of ether oxygens (including phenoxy) is 1. The number of amides is 1. The minimum atomic E-state index is -0.664. The molecular weight excluding hydrogens is 294 g/mol. The van der Waals surface area contributed by atoms with E-state index in [9.17, 15) is 10.1 Å². The van der Waals surface area contributed by atoms with Gasteiger partial charge in [-0.25, -0.2) is 0 Å². The second-order valence-corrected chi connectivity index (χ2v) is 5.66. The Labute approximate surface area is 132 Å². The third-order valence-corrected chi connectivity index (χ3v) is 3.69. The number of hydrogen-bond acceptors (Lipinski definition) is 3. The van der Waals surface area contributed by atoms with Crippen molar-refractivity contribution in [1.82, 2.24) is 4.57 Å². The molecule has 23 heavy (non-hydrogen) atoms. The summed E-state index contributed by atoms with van der Waals surface area (Å²) in [6, 6.07) is 8.98. The predicted octanol–water partition coefficient (Wildman–Crippen LogP) is 1.39. The van der Waals surface area contributed by atoms with Gasteiger partial charge in [0.15, 0.2) is 5.96 Å². The smallest absolute Gasteiger partial charge is 0.281 e. The fourth-order valence-corrected chi connectivity index (χ4v) is 2.76. The van der Waals surface area contributed by atoms with Gasteiger partial charge in [0.2, 0.25) is 0 Å². The molecule has 1 aromatic carbocycles. The van der Waals surface area contributed by atoms with Crippen LogP contribution in [0.4, 0.5) is 0 Å². The van der Waals surface area contributed by atoms with Crippen molar-refractivity contribution in [2.75, 3.05) is 0 Å². The summed E-state index contributed by atoms with van der Waals surface area (Å²) in [6.45, 7) is 3.87. The summed E-state index contributed by atoms with van der Waals surface area (Å²) in [6.07, 6.45) is 1.83. The standard InChI is InChI=1S/C16H15N5O2/c1-16(2)12-4-3-7-21(12)13-10(8-17)9(5-6-11(13)23-16)14(22)20-15(18)19/h3-7H,1-2H3,(H4,18,19,20,22). The minimum Gasteiger partial charge on any atom is -0.479 e. The molecule has 0 atom stereocenters. The highest BCUT2D eigenvalue weighted by atomic mass is 16.5. The maximum absolute atomic E-state index is 12.1. The monoisotopic (exact) mass is 309 g/mol. The van der Waals surface area contributed by atoms with Gasteiger partial charge in [0.25, 0.3) is 5.91 Å². The molecule has 4 N–H and O–H groups in total. The number of rotatable bonds is 1. The molecular formula is C16H15N5O2. The maximum atomic E-state index is 12.1. The van der Waals surface area contributed by atoms with E-state index in [4.69, 9.17) is 16.2 Å². The van der Waals surface area contributed by atoms with E-state index in [0.717, 1.165) is 5.69 Å². The lowest BCUT2D eigenvalue weighted by atomic mass is 9.98. The van der Waals surface area contributed by atoms with Crippen molar-refractivity contribution in [3.8, 4) is 17.5 Å². The van der Waals surface area contributed by atoms with Crippen LogP contribution in [0.25, 0.3) is 5.69 Å². The molecule has 1 aliphatic heterocycles. The molecule has 0 fully saturated rings. The van der Waals surface area contributed by atoms with Crippen LogP contribution < -0.4 is 16.2 Å². The summed E-state index contributed by atoms with van der Waals surface area (Å²) in [5.74, 6) is -0.491. The number of aromatic nitrogens is 1. The van der Waals surface area contributed by atoms with E-state index in [2.05, 4.69) is 11.1 Å². The molecule has 116 valence electrons. The molecule has 0 radical (unpaired) electrons. The van der Waals surface area contributed by atoms with Crippen LogP contribution in [0.5, 0.6) is 5.75 Å². The van der Waals surface area contributed by atoms with Crippen LogP contribution in [0, 0.1) is 11.3 Å². The van der Waals surface area contributed by atoms with Gasteiger partial charge >= 0.3 is 0 Å². The topological polar surface area (TPSA) is 119 Å². The van der Waals surface area contributed by atoms with Gasteiger partial charge in [-0.2, -0.15) is 10.3 Å². The highest BCUT2D eigenvalue weighted by molar-refractivity contribution is 6.04. The number of nitrogens with zero attached hydrogens (tertiary/aromatic N) is 3. The first kappa shape index (κ1) is 14.7. The molecule has 0 saturated carbocycles. The Kier molecular flexibility index (Phi) is 3.11. The number of guanidine groups is 1. The molecule has 0 unspecified atom stereocenters. The lowest BCUT2D eigenvalue weighted by Gasteiger charge is -2.34. The molecule has 0 aliphatic carbocycles. The third kappa shape index (κ3) is 2.21. The zero-order chi connectivity index (χ0) is 16.8. The van der Waals surface area contributed by atoms with Crippen molar-refractivity contribution >= 4 is 11.9 Å². The van der Waals surface area contributed by atoms with Gasteiger partial charge in [0.1, 0.15) is 23.1 Å². The fourth-order valence-electron chi connectivity index (χ4n) is 2.76. The van der Waals surface area contributed by atoms with Gasteiger partial charge in [-0.05, 0) is 38.1 Å². The number of fused-ring (bicyclic) bond motifs is 3. The lowest BCUT2D eigenvalue weighted by molar-refractivity contribution is 0.0922. The fraction of sp³-hybridized carbons (Fsp3) is 0.188. The molecule has 1 amide bonds. The first-order valence-corrected chi connectivity index (χ1v) is 6.93. The summed E-state index contributed by atoms with van der Waals surface area (Å²) < 4.78 is 7.84. The molecule has 1 aliphatic rings. The van der Waals surface area contributed by atoms with Crippen LogP contribution in [-0.4, -0.2) is 16.4 Å². The van der Waals surface area contributed by atoms with E-state index < -0.39 is 11.5 Å². The second kappa shape index (κ2) is 4.88. The number of carbonyl (C=O) groups is 1. The summed E-state index contributed by atoms with van der Waals surface area (Å²) in [5.41, 5.74) is 11.7. The van der Waals surface area contributed by atoms with Crippen molar-refractivity contribution < 1.29 is 9.53 Å². The number of nitrogens with two attached hydrogens (primary N) is 2. The first-order valence-electron chi connectivity index (χ1n) is 6.93. The molecule has 0 spiro atoms. The Hall–Kier alpha value is -3.27. The SMILES string of the molecule is CC1(C)Oc2ccc(C(=O)N=C(N)N)c(C#N)c2-n2cccc21. The van der Waals surface area contributed by atoms with Crippen LogP contribution in [0.15, 0.2) is 35.5 Å². The maximum Gasteiger partial charge on any atom is 0.281 e. The molecule has 0 bridgehead atoms. The van der Waals surface area contributed by atoms with E-state index >= 15 is 0 Å². The molecule has 2 heterocycles. The second-order valence-electron chi connectivity index (χ2n) is 5.66. The van der Waals surface area contributed by atoms with Crippen molar-refractivity contribution in [1.29, 1.82) is 5.26 Å². The van der Waals surface area contributed by atoms with E-state index in [1.54, 1.807) is 6.07 Å². The molecule has 2 aromatic rings. The highest BCUT2D eigenvalue weighted by Gasteiger charge is 2.35. The average Bonchev–Trinajstić information content (AvgIpc) is 2.95. The van der Waals surface area contributed by atoms with Gasteiger partial charge in [-0.3, -0.25) is 4.79 Å². The van der Waals surface area contributed by atoms with Gasteiger partial charge < -0.3 is 20.8 Å². The molecule has 7 nitrogen and oxygen atoms in total. The quantitative estimate of drug-likeness (QED) is 0.609. The van der Waals surface area contributed by atoms with Crippen molar-refractivity contribution in [3.05, 3.63) is 47.3 Å². The van der Waals surface area contributed by atoms with Crippen molar-refractivity contribution in [3.63, 3.8) is 0 Å². The van der Waals surface area contributed by atoms with Crippen molar-refractivity contribution in [2.45, 2.75) is 19.4 Å². The molecule has 1 aromatic heterocycles. The van der Waals surface area contributed by atoms with Crippen molar-refractivity contribution in [2.24, 2.45) is 16.5 Å². The van der Waals surface area contributed by atoms with Crippen LogP contribution >= 0.6 is 0 Å². The van der Waals surface area contributed by atoms with E-state index in [1.165, 1.54) is 6.07 Å². The van der Waals surface area contributed by atoms with Crippen LogP contribution in [-0.2, 0) is 5.60 Å². The normalized spacial score (nSPS) is 14.0. The third-order valence-electron chi connectivity index (χ3n) is 3.69. The van der Waals surface area contributed by atoms with Gasteiger partial charge in [0, 0.05) is 6.20 Å². The minimum absolute atomic E-state index is 0.127.